The Morgan fingerprint density at radius 1 is 0.667 bits per heavy atom. The zero-order valence-corrected chi connectivity index (χ0v) is 8.39. The van der Waals surface area contributed by atoms with Crippen LogP contribution in [-0.2, 0) is 0 Å². The monoisotopic (exact) mass is 166 g/mol. The molecule has 0 nitrogen and oxygen atoms in total. The van der Waals surface area contributed by atoms with E-state index in [1.807, 2.05) is 0 Å². The Balaban J connectivity index is 2.07. The van der Waals surface area contributed by atoms with Gasteiger partial charge in [0.2, 0.25) is 0 Å². The standard InChI is InChI=1S/C12H22/c1-10-11-6-2-3-7-12(10)9-5-4-8-11/h10-12H,2-9H2,1H3. The van der Waals surface area contributed by atoms with Crippen molar-refractivity contribution in [3.05, 3.63) is 0 Å². The van der Waals surface area contributed by atoms with Gasteiger partial charge in [0.05, 0.1) is 0 Å². The van der Waals surface area contributed by atoms with Crippen LogP contribution in [0.4, 0.5) is 0 Å². The van der Waals surface area contributed by atoms with Gasteiger partial charge in [0.1, 0.15) is 0 Å². The lowest BCUT2D eigenvalue weighted by Crippen LogP contribution is -2.16. The molecule has 2 saturated carbocycles. The number of fused-ring (bicyclic) bond motifs is 2. The van der Waals surface area contributed by atoms with Crippen LogP contribution in [0.25, 0.3) is 0 Å². The summed E-state index contributed by atoms with van der Waals surface area (Å²) in [5.41, 5.74) is 0. The maximum Gasteiger partial charge on any atom is -0.0386 e. The predicted octanol–water partition coefficient (Wildman–Crippen LogP) is 4.00. The van der Waals surface area contributed by atoms with Crippen molar-refractivity contribution in [3.63, 3.8) is 0 Å². The first-order valence-electron chi connectivity index (χ1n) is 5.88. The van der Waals surface area contributed by atoms with Crippen molar-refractivity contribution in [1.82, 2.24) is 0 Å². The number of hydrogen-bond donors (Lipinski definition) is 0. The van der Waals surface area contributed by atoms with E-state index in [0.29, 0.717) is 0 Å². The van der Waals surface area contributed by atoms with Crippen LogP contribution in [0.2, 0.25) is 0 Å². The molecule has 70 valence electrons. The normalized spacial score (nSPS) is 43.2. The molecule has 0 spiro atoms. The molecule has 0 heterocycles. The summed E-state index contributed by atoms with van der Waals surface area (Å²) < 4.78 is 0. The maximum absolute atomic E-state index is 2.52. The summed E-state index contributed by atoms with van der Waals surface area (Å²) in [6.45, 7) is 2.52. The Hall–Kier alpha value is 0. The van der Waals surface area contributed by atoms with E-state index >= 15 is 0 Å². The van der Waals surface area contributed by atoms with E-state index in [2.05, 4.69) is 6.92 Å². The van der Waals surface area contributed by atoms with Crippen molar-refractivity contribution in [2.45, 2.75) is 58.3 Å². The summed E-state index contributed by atoms with van der Waals surface area (Å²) in [7, 11) is 0. The van der Waals surface area contributed by atoms with E-state index in [4.69, 9.17) is 0 Å². The third kappa shape index (κ3) is 1.67. The second-order valence-electron chi connectivity index (χ2n) is 4.95. The van der Waals surface area contributed by atoms with E-state index in [-0.39, 0.29) is 0 Å². The highest BCUT2D eigenvalue weighted by molar-refractivity contribution is 4.80. The molecule has 2 bridgehead atoms. The molecule has 0 aromatic carbocycles. The molecule has 2 aliphatic carbocycles. The average molecular weight is 166 g/mol. The number of rotatable bonds is 0. The zero-order valence-electron chi connectivity index (χ0n) is 8.39. The molecule has 0 unspecified atom stereocenters. The van der Waals surface area contributed by atoms with Gasteiger partial charge in [0.25, 0.3) is 0 Å². The fraction of sp³-hybridized carbons (Fsp3) is 1.00. The van der Waals surface area contributed by atoms with Crippen LogP contribution in [0.3, 0.4) is 0 Å². The minimum Gasteiger partial charge on any atom is -0.0620 e. The zero-order chi connectivity index (χ0) is 8.39. The van der Waals surface area contributed by atoms with Gasteiger partial charge in [-0.3, -0.25) is 0 Å². The van der Waals surface area contributed by atoms with Crippen molar-refractivity contribution >= 4 is 0 Å². The summed E-state index contributed by atoms with van der Waals surface area (Å²) >= 11 is 0. The summed E-state index contributed by atoms with van der Waals surface area (Å²) in [4.78, 5) is 0. The van der Waals surface area contributed by atoms with E-state index in [1.165, 1.54) is 51.4 Å². The van der Waals surface area contributed by atoms with Gasteiger partial charge in [-0.1, -0.05) is 58.3 Å². The van der Waals surface area contributed by atoms with Crippen LogP contribution in [0.15, 0.2) is 0 Å². The summed E-state index contributed by atoms with van der Waals surface area (Å²) in [5, 5.41) is 0. The molecular formula is C12H22. The Morgan fingerprint density at radius 3 is 1.33 bits per heavy atom. The first-order valence-corrected chi connectivity index (χ1v) is 5.88. The lowest BCUT2D eigenvalue weighted by atomic mass is 9.81. The molecule has 0 N–H and O–H groups in total. The van der Waals surface area contributed by atoms with Gasteiger partial charge >= 0.3 is 0 Å². The van der Waals surface area contributed by atoms with Crippen molar-refractivity contribution in [1.29, 1.82) is 0 Å². The third-order valence-corrected chi connectivity index (χ3v) is 4.29. The van der Waals surface area contributed by atoms with Crippen molar-refractivity contribution in [2.75, 3.05) is 0 Å². The van der Waals surface area contributed by atoms with Crippen LogP contribution in [0.1, 0.15) is 58.3 Å². The fourth-order valence-corrected chi connectivity index (χ4v) is 3.35. The summed E-state index contributed by atoms with van der Waals surface area (Å²) in [6, 6.07) is 0. The Bertz CT molecular complexity index is 111. The van der Waals surface area contributed by atoms with Gasteiger partial charge < -0.3 is 0 Å². The smallest absolute Gasteiger partial charge is 0.0386 e. The van der Waals surface area contributed by atoms with Crippen LogP contribution in [-0.4, -0.2) is 0 Å². The highest BCUT2D eigenvalue weighted by Crippen LogP contribution is 2.41. The topological polar surface area (TPSA) is 0 Å². The molecule has 0 aliphatic heterocycles. The second kappa shape index (κ2) is 3.81. The molecule has 12 heavy (non-hydrogen) atoms. The molecular weight excluding hydrogens is 144 g/mol. The van der Waals surface area contributed by atoms with E-state index < -0.39 is 0 Å². The van der Waals surface area contributed by atoms with Gasteiger partial charge in [-0.05, 0) is 17.8 Å². The summed E-state index contributed by atoms with van der Waals surface area (Å²) in [6.07, 6.45) is 12.2. The van der Waals surface area contributed by atoms with Crippen LogP contribution in [0, 0.1) is 17.8 Å². The first kappa shape index (κ1) is 8.59. The van der Waals surface area contributed by atoms with Crippen LogP contribution < -0.4 is 0 Å². The van der Waals surface area contributed by atoms with Gasteiger partial charge in [0.15, 0.2) is 0 Å². The highest BCUT2D eigenvalue weighted by Gasteiger charge is 2.29. The van der Waals surface area contributed by atoms with Gasteiger partial charge in [-0.25, -0.2) is 0 Å². The minimum absolute atomic E-state index is 1.05. The Kier molecular flexibility index (Phi) is 2.73. The first-order chi connectivity index (χ1) is 5.88. The molecule has 0 saturated heterocycles. The van der Waals surface area contributed by atoms with Gasteiger partial charge in [-0.15, -0.1) is 0 Å². The molecule has 0 aromatic rings. The second-order valence-corrected chi connectivity index (χ2v) is 4.95. The van der Waals surface area contributed by atoms with E-state index in [9.17, 15) is 0 Å². The van der Waals surface area contributed by atoms with Crippen molar-refractivity contribution < 1.29 is 0 Å². The predicted molar refractivity (Wildman–Crippen MR) is 53.1 cm³/mol. The lowest BCUT2D eigenvalue weighted by molar-refractivity contribution is 0.253. The molecule has 0 radical (unpaired) electrons. The Morgan fingerprint density at radius 2 is 1.00 bits per heavy atom. The molecule has 0 amide bonds. The molecule has 0 heteroatoms. The van der Waals surface area contributed by atoms with Crippen molar-refractivity contribution in [3.8, 4) is 0 Å². The van der Waals surface area contributed by atoms with Crippen LogP contribution in [0.5, 0.6) is 0 Å². The largest absolute Gasteiger partial charge is 0.0620 e. The quantitative estimate of drug-likeness (QED) is 0.510. The minimum atomic E-state index is 1.05. The molecule has 2 aliphatic rings. The highest BCUT2D eigenvalue weighted by atomic mass is 14.3. The SMILES string of the molecule is CC1C2CCCCC1CCCC2. The van der Waals surface area contributed by atoms with E-state index in [1.54, 1.807) is 0 Å². The fourth-order valence-electron chi connectivity index (χ4n) is 3.35. The summed E-state index contributed by atoms with van der Waals surface area (Å²) in [5.74, 6) is 3.25. The van der Waals surface area contributed by atoms with E-state index in [0.717, 1.165) is 17.8 Å². The van der Waals surface area contributed by atoms with Gasteiger partial charge in [-0.2, -0.15) is 0 Å². The van der Waals surface area contributed by atoms with Crippen molar-refractivity contribution in [2.24, 2.45) is 17.8 Å². The van der Waals surface area contributed by atoms with Gasteiger partial charge in [0, 0.05) is 0 Å². The molecule has 2 rings (SSSR count). The third-order valence-electron chi connectivity index (χ3n) is 4.29. The molecule has 0 atom stereocenters. The molecule has 0 aromatic heterocycles. The lowest BCUT2D eigenvalue weighted by Gasteiger charge is -2.24. The average Bonchev–Trinajstić information content (AvgIpc) is 2.37. The number of hydrogen-bond acceptors (Lipinski definition) is 0. The van der Waals surface area contributed by atoms with Crippen LogP contribution >= 0.6 is 0 Å². The maximum atomic E-state index is 2.52. The molecule has 2 fully saturated rings. The Labute approximate surface area is 76.7 Å².